The van der Waals surface area contributed by atoms with Gasteiger partial charge in [0.2, 0.25) is 0 Å². The summed E-state index contributed by atoms with van der Waals surface area (Å²) in [6.07, 6.45) is -4.02. The predicted octanol–water partition coefficient (Wildman–Crippen LogP) is 2.33. The largest absolute Gasteiger partial charge is 0.573 e. The van der Waals surface area contributed by atoms with Crippen molar-refractivity contribution in [3.8, 4) is 5.75 Å². The molecule has 1 rings (SSSR count). The van der Waals surface area contributed by atoms with Gasteiger partial charge >= 0.3 is 6.36 Å². The fourth-order valence-corrected chi connectivity index (χ4v) is 1.90. The number of halogens is 3. The topological polar surface area (TPSA) is 54.9 Å². The van der Waals surface area contributed by atoms with E-state index in [0.717, 1.165) is 5.56 Å². The maximum absolute atomic E-state index is 12.1. The molecule has 0 bridgehead atoms. The molecular weight excluding hydrogens is 311 g/mol. The summed E-state index contributed by atoms with van der Waals surface area (Å²) in [7, 11) is 3.29. The molecule has 1 unspecified atom stereocenters. The van der Waals surface area contributed by atoms with Gasteiger partial charge in [0.25, 0.3) is 0 Å². The normalized spacial score (nSPS) is 13.6. The summed E-state index contributed by atoms with van der Waals surface area (Å²) in [6.45, 7) is 3.12. The van der Waals surface area contributed by atoms with Crippen molar-refractivity contribution in [2.45, 2.75) is 25.7 Å². The molecule has 0 spiro atoms. The summed E-state index contributed by atoms with van der Waals surface area (Å²) < 4.78 is 45.1. The van der Waals surface area contributed by atoms with Crippen molar-refractivity contribution in [3.63, 3.8) is 0 Å². The molecule has 0 aliphatic rings. The summed E-state index contributed by atoms with van der Waals surface area (Å²) in [5, 5.41) is 6.29. The Morgan fingerprint density at radius 1 is 1.26 bits per heavy atom. The molecule has 23 heavy (non-hydrogen) atoms. The van der Waals surface area contributed by atoms with Gasteiger partial charge in [0.15, 0.2) is 5.96 Å². The molecular formula is C15H22F3N3O2. The first-order chi connectivity index (χ1) is 10.8. The van der Waals surface area contributed by atoms with Crippen LogP contribution in [0.25, 0.3) is 0 Å². The Hall–Kier alpha value is -1.96. The number of alkyl halides is 3. The zero-order chi connectivity index (χ0) is 17.3. The minimum Gasteiger partial charge on any atom is -0.406 e. The quantitative estimate of drug-likeness (QED) is 0.594. The number of hydrogen-bond donors (Lipinski definition) is 2. The lowest BCUT2D eigenvalue weighted by molar-refractivity contribution is -0.274. The van der Waals surface area contributed by atoms with Crippen LogP contribution >= 0.6 is 0 Å². The molecule has 0 aromatic heterocycles. The van der Waals surface area contributed by atoms with Crippen LogP contribution in [-0.2, 0) is 11.2 Å². The van der Waals surface area contributed by atoms with Gasteiger partial charge in [-0.1, -0.05) is 12.1 Å². The zero-order valence-electron chi connectivity index (χ0n) is 13.4. The smallest absolute Gasteiger partial charge is 0.406 e. The van der Waals surface area contributed by atoms with Crippen molar-refractivity contribution < 1.29 is 22.6 Å². The molecule has 5 nitrogen and oxygen atoms in total. The van der Waals surface area contributed by atoms with E-state index in [1.165, 1.54) is 12.1 Å². The Labute approximate surface area is 133 Å². The molecule has 2 N–H and O–H groups in total. The molecule has 1 atom stereocenters. The molecule has 0 aliphatic heterocycles. The average molecular weight is 333 g/mol. The van der Waals surface area contributed by atoms with Crippen molar-refractivity contribution in [2.75, 3.05) is 27.3 Å². The Balaban J connectivity index is 2.40. The van der Waals surface area contributed by atoms with E-state index in [1.807, 2.05) is 6.92 Å². The van der Waals surface area contributed by atoms with Gasteiger partial charge in [-0.05, 0) is 31.0 Å². The summed E-state index contributed by atoms with van der Waals surface area (Å²) in [5.74, 6) is 0.423. The molecule has 0 amide bonds. The summed E-state index contributed by atoms with van der Waals surface area (Å²) in [4.78, 5) is 4.09. The van der Waals surface area contributed by atoms with E-state index in [0.29, 0.717) is 25.5 Å². The van der Waals surface area contributed by atoms with Crippen molar-refractivity contribution in [2.24, 2.45) is 4.99 Å². The first-order valence-electron chi connectivity index (χ1n) is 7.15. The van der Waals surface area contributed by atoms with Crippen LogP contribution in [0.1, 0.15) is 12.5 Å². The highest BCUT2D eigenvalue weighted by Crippen LogP contribution is 2.22. The van der Waals surface area contributed by atoms with E-state index in [4.69, 9.17) is 4.74 Å². The Bertz CT molecular complexity index is 490. The van der Waals surface area contributed by atoms with Crippen LogP contribution in [0.3, 0.4) is 0 Å². The van der Waals surface area contributed by atoms with Crippen molar-refractivity contribution in [1.29, 1.82) is 0 Å². The van der Waals surface area contributed by atoms with Crippen LogP contribution in [0.5, 0.6) is 5.75 Å². The van der Waals surface area contributed by atoms with Crippen LogP contribution < -0.4 is 15.4 Å². The number of ether oxygens (including phenoxy) is 2. The lowest BCUT2D eigenvalue weighted by atomic mass is 10.1. The van der Waals surface area contributed by atoms with E-state index in [-0.39, 0.29) is 11.8 Å². The fraction of sp³-hybridized carbons (Fsp3) is 0.533. The summed E-state index contributed by atoms with van der Waals surface area (Å²) in [6, 6.07) is 5.93. The highest BCUT2D eigenvalue weighted by molar-refractivity contribution is 5.79. The van der Waals surface area contributed by atoms with Crippen molar-refractivity contribution >= 4 is 5.96 Å². The average Bonchev–Trinajstić information content (AvgIpc) is 2.46. The number of aliphatic imine (C=N–C) groups is 1. The van der Waals surface area contributed by atoms with Gasteiger partial charge in [-0.15, -0.1) is 13.2 Å². The van der Waals surface area contributed by atoms with E-state index in [2.05, 4.69) is 20.4 Å². The second kappa shape index (κ2) is 9.24. The molecule has 0 saturated heterocycles. The number of guanidine groups is 1. The minimum absolute atomic E-state index is 0.116. The van der Waals surface area contributed by atoms with Gasteiger partial charge in [0, 0.05) is 26.7 Å². The summed E-state index contributed by atoms with van der Waals surface area (Å²) in [5.41, 5.74) is 0.896. The molecule has 1 aromatic carbocycles. The number of benzene rings is 1. The molecule has 0 radical (unpaired) electrons. The van der Waals surface area contributed by atoms with E-state index in [9.17, 15) is 13.2 Å². The highest BCUT2D eigenvalue weighted by Gasteiger charge is 2.30. The SMILES string of the molecule is CN=C(NCCc1ccc(OC(F)(F)F)cc1)NC(C)COC. The predicted molar refractivity (Wildman–Crippen MR) is 82.7 cm³/mol. The van der Waals surface area contributed by atoms with Crippen LogP contribution in [0.4, 0.5) is 13.2 Å². The van der Waals surface area contributed by atoms with Crippen LogP contribution in [0.2, 0.25) is 0 Å². The monoisotopic (exact) mass is 333 g/mol. The van der Waals surface area contributed by atoms with E-state index < -0.39 is 6.36 Å². The van der Waals surface area contributed by atoms with Gasteiger partial charge in [0.1, 0.15) is 5.75 Å². The third-order valence-electron chi connectivity index (χ3n) is 2.89. The number of methoxy groups -OCH3 is 1. The second-order valence-corrected chi connectivity index (χ2v) is 4.94. The third-order valence-corrected chi connectivity index (χ3v) is 2.89. The number of rotatable bonds is 7. The van der Waals surface area contributed by atoms with E-state index in [1.54, 1.807) is 26.3 Å². The molecule has 0 fully saturated rings. The third kappa shape index (κ3) is 8.29. The van der Waals surface area contributed by atoms with Gasteiger partial charge < -0.3 is 20.1 Å². The molecule has 8 heteroatoms. The first-order valence-corrected chi connectivity index (χ1v) is 7.15. The van der Waals surface area contributed by atoms with Gasteiger partial charge in [-0.25, -0.2) is 0 Å². The number of nitrogens with one attached hydrogen (secondary N) is 2. The van der Waals surface area contributed by atoms with Crippen LogP contribution in [0, 0.1) is 0 Å². The summed E-state index contributed by atoms with van der Waals surface area (Å²) >= 11 is 0. The van der Waals surface area contributed by atoms with Crippen LogP contribution in [0.15, 0.2) is 29.3 Å². The molecule has 0 saturated carbocycles. The number of hydrogen-bond acceptors (Lipinski definition) is 3. The van der Waals surface area contributed by atoms with Crippen molar-refractivity contribution in [3.05, 3.63) is 29.8 Å². The second-order valence-electron chi connectivity index (χ2n) is 4.94. The van der Waals surface area contributed by atoms with Crippen LogP contribution in [-0.4, -0.2) is 45.7 Å². The lowest BCUT2D eigenvalue weighted by Crippen LogP contribution is -2.44. The Morgan fingerprint density at radius 3 is 2.43 bits per heavy atom. The van der Waals surface area contributed by atoms with Crippen molar-refractivity contribution in [1.82, 2.24) is 10.6 Å². The maximum Gasteiger partial charge on any atom is 0.573 e. The molecule has 1 aromatic rings. The number of nitrogens with zero attached hydrogens (tertiary/aromatic N) is 1. The lowest BCUT2D eigenvalue weighted by Gasteiger charge is -2.17. The fourth-order valence-electron chi connectivity index (χ4n) is 1.90. The zero-order valence-corrected chi connectivity index (χ0v) is 13.4. The Morgan fingerprint density at radius 2 is 1.91 bits per heavy atom. The standard InChI is InChI=1S/C15H22F3N3O2/c1-11(10-22-3)21-14(19-2)20-9-8-12-4-6-13(7-5-12)23-15(16,17)18/h4-7,11H,8-10H2,1-3H3,(H2,19,20,21). The molecule has 130 valence electrons. The first kappa shape index (κ1) is 19.1. The Kier molecular flexibility index (Phi) is 7.67. The molecule has 0 aliphatic carbocycles. The van der Waals surface area contributed by atoms with E-state index >= 15 is 0 Å². The molecule has 0 heterocycles. The van der Waals surface area contributed by atoms with Gasteiger partial charge in [0.05, 0.1) is 6.61 Å². The van der Waals surface area contributed by atoms with Gasteiger partial charge in [-0.3, -0.25) is 4.99 Å². The highest BCUT2D eigenvalue weighted by atomic mass is 19.4. The van der Waals surface area contributed by atoms with Gasteiger partial charge in [-0.2, -0.15) is 0 Å². The maximum atomic E-state index is 12.1. The minimum atomic E-state index is -4.67.